The first-order valence-electron chi connectivity index (χ1n) is 9.40. The van der Waals surface area contributed by atoms with Gasteiger partial charge in [0, 0.05) is 52.9 Å². The van der Waals surface area contributed by atoms with Gasteiger partial charge in [-0.2, -0.15) is 0 Å². The SMILES string of the molecule is CN=C(NCCNS(=O)(=O)c1cccs1)N1CCN(C(=O)C2CCCO2)CC1. The number of nitrogens with one attached hydrogen (secondary N) is 2. The summed E-state index contributed by atoms with van der Waals surface area (Å²) in [7, 11) is -1.76. The van der Waals surface area contributed by atoms with E-state index in [1.165, 1.54) is 11.3 Å². The van der Waals surface area contributed by atoms with Crippen LogP contribution in [-0.4, -0.2) is 89.1 Å². The fourth-order valence-electron chi connectivity index (χ4n) is 3.29. The maximum atomic E-state index is 12.4. The monoisotopic (exact) mass is 429 g/mol. The van der Waals surface area contributed by atoms with Crippen LogP contribution in [0.3, 0.4) is 0 Å². The van der Waals surface area contributed by atoms with E-state index in [1.807, 2.05) is 4.90 Å². The predicted octanol–water partition coefficient (Wildman–Crippen LogP) is -0.0750. The maximum Gasteiger partial charge on any atom is 0.251 e. The number of guanidine groups is 1. The number of carbonyl (C=O) groups is 1. The lowest BCUT2D eigenvalue weighted by molar-refractivity contribution is -0.142. The van der Waals surface area contributed by atoms with E-state index in [2.05, 4.69) is 19.9 Å². The van der Waals surface area contributed by atoms with Gasteiger partial charge in [-0.25, -0.2) is 13.1 Å². The molecule has 9 nitrogen and oxygen atoms in total. The van der Waals surface area contributed by atoms with Crippen molar-refractivity contribution in [2.75, 3.05) is 52.9 Å². The van der Waals surface area contributed by atoms with Gasteiger partial charge in [0.1, 0.15) is 10.3 Å². The molecule has 1 unspecified atom stereocenters. The van der Waals surface area contributed by atoms with Gasteiger partial charge in [0.15, 0.2) is 5.96 Å². The summed E-state index contributed by atoms with van der Waals surface area (Å²) in [4.78, 5) is 20.6. The Balaban J connectivity index is 1.40. The van der Waals surface area contributed by atoms with Crippen molar-refractivity contribution in [1.82, 2.24) is 19.8 Å². The van der Waals surface area contributed by atoms with Crippen LogP contribution in [0, 0.1) is 0 Å². The molecular weight excluding hydrogens is 402 g/mol. The summed E-state index contributed by atoms with van der Waals surface area (Å²) in [6.07, 6.45) is 1.48. The minimum Gasteiger partial charge on any atom is -0.368 e. The van der Waals surface area contributed by atoms with Gasteiger partial charge in [-0.3, -0.25) is 9.79 Å². The number of piperazine rings is 1. The Labute approximate surface area is 169 Å². The summed E-state index contributed by atoms with van der Waals surface area (Å²) in [5, 5.41) is 4.91. The normalized spacial score (nSPS) is 21.2. The highest BCUT2D eigenvalue weighted by atomic mass is 32.2. The third-order valence-electron chi connectivity index (χ3n) is 4.77. The average molecular weight is 430 g/mol. The van der Waals surface area contributed by atoms with E-state index in [1.54, 1.807) is 24.6 Å². The molecule has 2 aliphatic heterocycles. The van der Waals surface area contributed by atoms with Gasteiger partial charge in [0.2, 0.25) is 10.0 Å². The fraction of sp³-hybridized carbons (Fsp3) is 0.647. The minimum atomic E-state index is -3.45. The predicted molar refractivity (Wildman–Crippen MR) is 108 cm³/mol. The molecular formula is C17H27N5O4S2. The van der Waals surface area contributed by atoms with Crippen LogP contribution in [0.1, 0.15) is 12.8 Å². The van der Waals surface area contributed by atoms with Crippen LogP contribution in [0.25, 0.3) is 0 Å². The van der Waals surface area contributed by atoms with Gasteiger partial charge in [0.25, 0.3) is 5.91 Å². The number of carbonyl (C=O) groups excluding carboxylic acids is 1. The molecule has 0 radical (unpaired) electrons. The van der Waals surface area contributed by atoms with E-state index in [-0.39, 0.29) is 18.6 Å². The molecule has 1 aromatic heterocycles. The highest BCUT2D eigenvalue weighted by Gasteiger charge is 2.30. The first-order valence-corrected chi connectivity index (χ1v) is 11.8. The average Bonchev–Trinajstić information content (AvgIpc) is 3.42. The molecule has 1 atom stereocenters. The fourth-order valence-corrected chi connectivity index (χ4v) is 5.36. The molecule has 0 bridgehead atoms. The zero-order valence-electron chi connectivity index (χ0n) is 16.0. The number of amides is 1. The van der Waals surface area contributed by atoms with Gasteiger partial charge >= 0.3 is 0 Å². The molecule has 1 aromatic rings. The number of nitrogens with zero attached hydrogens (tertiary/aromatic N) is 3. The van der Waals surface area contributed by atoms with Crippen molar-refractivity contribution in [3.8, 4) is 0 Å². The zero-order valence-corrected chi connectivity index (χ0v) is 17.6. The smallest absolute Gasteiger partial charge is 0.251 e. The maximum absolute atomic E-state index is 12.4. The van der Waals surface area contributed by atoms with Gasteiger partial charge in [0.05, 0.1) is 0 Å². The van der Waals surface area contributed by atoms with Gasteiger partial charge in [-0.05, 0) is 24.3 Å². The summed E-state index contributed by atoms with van der Waals surface area (Å²) in [5.74, 6) is 0.794. The Hall–Kier alpha value is -1.69. The molecule has 11 heteroatoms. The van der Waals surface area contributed by atoms with Crippen LogP contribution in [0.5, 0.6) is 0 Å². The molecule has 28 heavy (non-hydrogen) atoms. The Morgan fingerprint density at radius 1 is 1.29 bits per heavy atom. The number of hydrogen-bond donors (Lipinski definition) is 2. The molecule has 3 rings (SSSR count). The van der Waals surface area contributed by atoms with Crippen molar-refractivity contribution in [2.24, 2.45) is 4.99 Å². The molecule has 3 heterocycles. The third-order valence-corrected chi connectivity index (χ3v) is 7.63. The molecule has 1 amide bonds. The van der Waals surface area contributed by atoms with E-state index >= 15 is 0 Å². The van der Waals surface area contributed by atoms with Gasteiger partial charge < -0.3 is 19.9 Å². The molecule has 2 saturated heterocycles. The molecule has 2 aliphatic rings. The van der Waals surface area contributed by atoms with Gasteiger partial charge in [-0.15, -0.1) is 11.3 Å². The number of rotatable bonds is 6. The number of ether oxygens (including phenoxy) is 1. The van der Waals surface area contributed by atoms with Crippen molar-refractivity contribution in [1.29, 1.82) is 0 Å². The molecule has 2 fully saturated rings. The van der Waals surface area contributed by atoms with E-state index in [0.717, 1.165) is 12.8 Å². The number of thiophene rings is 1. The second-order valence-corrected chi connectivity index (χ2v) is 9.56. The lowest BCUT2D eigenvalue weighted by atomic mass is 10.2. The Morgan fingerprint density at radius 2 is 2.04 bits per heavy atom. The van der Waals surface area contributed by atoms with Crippen LogP contribution >= 0.6 is 11.3 Å². The number of hydrogen-bond acceptors (Lipinski definition) is 6. The molecule has 0 saturated carbocycles. The van der Waals surface area contributed by atoms with Crippen LogP contribution in [0.2, 0.25) is 0 Å². The molecule has 0 spiro atoms. The Bertz CT molecular complexity index is 767. The largest absolute Gasteiger partial charge is 0.368 e. The lowest BCUT2D eigenvalue weighted by Gasteiger charge is -2.37. The summed E-state index contributed by atoms with van der Waals surface area (Å²) in [6, 6.07) is 3.29. The van der Waals surface area contributed by atoms with Crippen molar-refractivity contribution >= 4 is 33.2 Å². The first-order chi connectivity index (χ1) is 13.5. The molecule has 2 N–H and O–H groups in total. The standard InChI is InChI=1S/C17H27N5O4S2/c1-18-17(19-6-7-20-28(24,25)15-5-3-13-27-15)22-10-8-21(9-11-22)16(23)14-4-2-12-26-14/h3,5,13-14,20H,2,4,6-12H2,1H3,(H,18,19). The second-order valence-electron chi connectivity index (χ2n) is 6.62. The van der Waals surface area contributed by atoms with Crippen molar-refractivity contribution in [2.45, 2.75) is 23.2 Å². The van der Waals surface area contributed by atoms with E-state index in [9.17, 15) is 13.2 Å². The summed E-state index contributed by atoms with van der Waals surface area (Å²) in [5.41, 5.74) is 0. The highest BCUT2D eigenvalue weighted by Crippen LogP contribution is 2.16. The van der Waals surface area contributed by atoms with E-state index in [0.29, 0.717) is 49.5 Å². The molecule has 156 valence electrons. The van der Waals surface area contributed by atoms with Crippen LogP contribution in [0.4, 0.5) is 0 Å². The lowest BCUT2D eigenvalue weighted by Crippen LogP contribution is -2.55. The van der Waals surface area contributed by atoms with Crippen molar-refractivity contribution < 1.29 is 17.9 Å². The van der Waals surface area contributed by atoms with Crippen molar-refractivity contribution in [3.05, 3.63) is 17.5 Å². The molecule has 0 aliphatic carbocycles. The van der Waals surface area contributed by atoms with E-state index < -0.39 is 10.0 Å². The van der Waals surface area contributed by atoms with Crippen LogP contribution in [0.15, 0.2) is 26.7 Å². The highest BCUT2D eigenvalue weighted by molar-refractivity contribution is 7.91. The molecule has 0 aromatic carbocycles. The quantitative estimate of drug-likeness (QED) is 0.373. The van der Waals surface area contributed by atoms with E-state index in [4.69, 9.17) is 4.74 Å². The number of sulfonamides is 1. The first kappa shape index (κ1) is 21.0. The number of aliphatic imine (C=N–C) groups is 1. The summed E-state index contributed by atoms with van der Waals surface area (Å²) >= 11 is 1.19. The van der Waals surface area contributed by atoms with Crippen LogP contribution in [-0.2, 0) is 19.6 Å². The summed E-state index contributed by atoms with van der Waals surface area (Å²) < 4.78 is 32.6. The second kappa shape index (κ2) is 9.68. The minimum absolute atomic E-state index is 0.0862. The van der Waals surface area contributed by atoms with Crippen LogP contribution < -0.4 is 10.0 Å². The third kappa shape index (κ3) is 5.22. The Morgan fingerprint density at radius 3 is 2.64 bits per heavy atom. The van der Waals surface area contributed by atoms with Gasteiger partial charge in [-0.1, -0.05) is 6.07 Å². The van der Waals surface area contributed by atoms with Crippen molar-refractivity contribution in [3.63, 3.8) is 0 Å². The Kier molecular flexibility index (Phi) is 7.27. The summed E-state index contributed by atoms with van der Waals surface area (Å²) in [6.45, 7) is 3.97. The topological polar surface area (TPSA) is 103 Å². The zero-order chi connectivity index (χ0) is 20.0.